The van der Waals surface area contributed by atoms with Crippen molar-refractivity contribution >= 4 is 57.8 Å². The summed E-state index contributed by atoms with van der Waals surface area (Å²) in [6, 6.07) is 44.2. The minimum absolute atomic E-state index is 0. The van der Waals surface area contributed by atoms with Gasteiger partial charge in [-0.1, -0.05) is 124 Å². The van der Waals surface area contributed by atoms with E-state index < -0.39 is 8.07 Å². The summed E-state index contributed by atoms with van der Waals surface area (Å²) in [5.74, 6) is 2.11. The number of nitrogens with zero attached hydrogens (tertiary/aromatic N) is 4. The molecule has 1 aliphatic rings. The van der Waals surface area contributed by atoms with Crippen LogP contribution in [0.15, 0.2) is 109 Å². The van der Waals surface area contributed by atoms with E-state index in [-0.39, 0.29) is 37.3 Å². The molecule has 5 aromatic carbocycles. The Morgan fingerprint density at radius 3 is 1.95 bits per heavy atom. The van der Waals surface area contributed by atoms with E-state index in [1.807, 2.05) is 18.3 Å². The van der Waals surface area contributed by atoms with Gasteiger partial charge in [-0.05, 0) is 79.9 Å². The SMILES string of the molecule is CC(C)(C)c1cc(N2[CH-]N(c3[c-]c(Oc4[c-]c5c(cc4)c4ccccc4n5-c4cc(C(C)(C)C)ccn4)ccc3)c3cccc([Si](C)(C)C)c32)cc(C(C)(C)C)c1.[Pt]. The summed E-state index contributed by atoms with van der Waals surface area (Å²) in [6.45, 7) is 30.0. The largest absolute Gasteiger partial charge is 0.509 e. The molecule has 58 heavy (non-hydrogen) atoms. The Morgan fingerprint density at radius 2 is 1.28 bits per heavy atom. The van der Waals surface area contributed by atoms with E-state index in [0.29, 0.717) is 11.5 Å². The number of rotatable bonds is 6. The van der Waals surface area contributed by atoms with E-state index in [2.05, 4.69) is 206 Å². The number of hydrogen-bond acceptors (Lipinski definition) is 4. The van der Waals surface area contributed by atoms with Crippen LogP contribution in [-0.4, -0.2) is 17.6 Å². The molecule has 0 unspecified atom stereocenters. The van der Waals surface area contributed by atoms with Gasteiger partial charge in [0.2, 0.25) is 0 Å². The number of para-hydroxylation sites is 2. The van der Waals surface area contributed by atoms with Crippen LogP contribution in [-0.2, 0) is 37.3 Å². The fraction of sp³-hybridized carbons (Fsp3) is 0.294. The van der Waals surface area contributed by atoms with E-state index in [4.69, 9.17) is 9.72 Å². The van der Waals surface area contributed by atoms with Gasteiger partial charge in [0.15, 0.2) is 0 Å². The summed E-state index contributed by atoms with van der Waals surface area (Å²) in [7, 11) is -1.77. The standard InChI is InChI=1S/C51H55N4OSi.Pt/c1-49(2,3)34-25-26-52-47(30-34)55-43-20-14-13-19-41(43)42-24-23-40(32-45(42)55)56-39-18-15-17-37(31-39)53-33-54(48-44(53)21-16-22-46(48)57(10,11)12)38-28-35(50(4,5)6)27-36(29-38)51(7,8)9;/h13-30,33H,1-12H3;/q-3;. The summed E-state index contributed by atoms with van der Waals surface area (Å²) in [6.07, 6.45) is 1.91. The topological polar surface area (TPSA) is 33.5 Å². The van der Waals surface area contributed by atoms with Crippen molar-refractivity contribution in [3.8, 4) is 17.3 Å². The first-order chi connectivity index (χ1) is 26.8. The van der Waals surface area contributed by atoms with E-state index in [1.165, 1.54) is 33.3 Å². The van der Waals surface area contributed by atoms with Crippen LogP contribution in [0, 0.1) is 18.8 Å². The van der Waals surface area contributed by atoms with Crippen molar-refractivity contribution in [1.29, 1.82) is 0 Å². The molecule has 7 heteroatoms. The van der Waals surface area contributed by atoms with Gasteiger partial charge >= 0.3 is 0 Å². The first-order valence-electron chi connectivity index (χ1n) is 20.1. The second-order valence-corrected chi connectivity index (χ2v) is 24.7. The van der Waals surface area contributed by atoms with E-state index in [1.54, 1.807) is 0 Å². The molecule has 0 bridgehead atoms. The molecule has 0 spiro atoms. The van der Waals surface area contributed by atoms with Crippen LogP contribution >= 0.6 is 0 Å². The van der Waals surface area contributed by atoms with Crippen molar-refractivity contribution in [1.82, 2.24) is 9.55 Å². The summed E-state index contributed by atoms with van der Waals surface area (Å²) in [5, 5.41) is 3.68. The molecule has 0 saturated carbocycles. The van der Waals surface area contributed by atoms with Crippen LogP contribution < -0.4 is 19.7 Å². The molecule has 2 aromatic heterocycles. The average molecular weight is 963 g/mol. The van der Waals surface area contributed by atoms with Crippen molar-refractivity contribution in [2.45, 2.75) is 98.2 Å². The van der Waals surface area contributed by atoms with Gasteiger partial charge in [-0.15, -0.1) is 48.1 Å². The number of pyridine rings is 1. The van der Waals surface area contributed by atoms with E-state index in [9.17, 15) is 0 Å². The molecule has 0 amide bonds. The third-order valence-corrected chi connectivity index (χ3v) is 13.1. The van der Waals surface area contributed by atoms with Crippen LogP contribution in [0.3, 0.4) is 0 Å². The molecule has 0 radical (unpaired) electrons. The third kappa shape index (κ3) is 7.78. The van der Waals surface area contributed by atoms with Crippen LogP contribution in [0.4, 0.5) is 22.7 Å². The molecule has 8 rings (SSSR count). The molecule has 302 valence electrons. The molecule has 1 aliphatic heterocycles. The van der Waals surface area contributed by atoms with E-state index >= 15 is 0 Å². The number of aromatic nitrogens is 2. The fourth-order valence-electron chi connectivity index (χ4n) is 7.76. The molecule has 0 saturated heterocycles. The molecule has 0 N–H and O–H groups in total. The summed E-state index contributed by atoms with van der Waals surface area (Å²) in [5.41, 5.74) is 10.3. The number of ether oxygens (including phenoxy) is 1. The number of anilines is 4. The zero-order chi connectivity index (χ0) is 40.7. The van der Waals surface area contributed by atoms with Crippen molar-refractivity contribution < 1.29 is 25.8 Å². The first kappa shape index (κ1) is 41.5. The second-order valence-electron chi connectivity index (χ2n) is 19.6. The van der Waals surface area contributed by atoms with Crippen molar-refractivity contribution in [2.75, 3.05) is 9.80 Å². The van der Waals surface area contributed by atoms with Crippen LogP contribution in [0.1, 0.15) is 79.0 Å². The van der Waals surface area contributed by atoms with Crippen LogP contribution in [0.2, 0.25) is 19.6 Å². The Labute approximate surface area is 361 Å². The minimum atomic E-state index is -1.77. The van der Waals surface area contributed by atoms with Gasteiger partial charge in [0.25, 0.3) is 0 Å². The number of fused-ring (bicyclic) bond motifs is 4. The average Bonchev–Trinajstić information content (AvgIpc) is 3.70. The summed E-state index contributed by atoms with van der Waals surface area (Å²) < 4.78 is 8.85. The summed E-state index contributed by atoms with van der Waals surface area (Å²) in [4.78, 5) is 9.53. The predicted molar refractivity (Wildman–Crippen MR) is 243 cm³/mol. The maximum Gasteiger partial charge on any atom is 0.135 e. The molecule has 5 nitrogen and oxygen atoms in total. The zero-order valence-electron chi connectivity index (χ0n) is 36.0. The first-order valence-corrected chi connectivity index (χ1v) is 23.6. The Kier molecular flexibility index (Phi) is 10.6. The predicted octanol–water partition coefficient (Wildman–Crippen LogP) is 13.4. The van der Waals surface area contributed by atoms with Gasteiger partial charge in [0, 0.05) is 61.3 Å². The minimum Gasteiger partial charge on any atom is -0.509 e. The Bertz CT molecular complexity index is 2620. The van der Waals surface area contributed by atoms with Gasteiger partial charge in [0.05, 0.1) is 8.07 Å². The van der Waals surface area contributed by atoms with Gasteiger partial charge in [-0.2, -0.15) is 12.1 Å². The molecule has 0 fully saturated rings. The molecule has 3 heterocycles. The molecule has 0 atom stereocenters. The summed E-state index contributed by atoms with van der Waals surface area (Å²) >= 11 is 0. The third-order valence-electron chi connectivity index (χ3n) is 11.1. The molecule has 7 aromatic rings. The van der Waals surface area contributed by atoms with Gasteiger partial charge in [-0.25, -0.2) is 4.98 Å². The monoisotopic (exact) mass is 962 g/mol. The van der Waals surface area contributed by atoms with Gasteiger partial charge < -0.3 is 19.1 Å². The molecular weight excluding hydrogens is 908 g/mol. The Morgan fingerprint density at radius 1 is 0.621 bits per heavy atom. The van der Waals surface area contributed by atoms with Crippen molar-refractivity contribution in [3.05, 3.63) is 145 Å². The van der Waals surface area contributed by atoms with Crippen LogP contribution in [0.25, 0.3) is 27.6 Å². The van der Waals surface area contributed by atoms with Crippen LogP contribution in [0.5, 0.6) is 11.5 Å². The van der Waals surface area contributed by atoms with Crippen molar-refractivity contribution in [2.24, 2.45) is 0 Å². The van der Waals surface area contributed by atoms with Gasteiger partial charge in [-0.3, -0.25) is 0 Å². The normalized spacial score (nSPS) is 13.6. The molecule has 0 aliphatic carbocycles. The quantitative estimate of drug-likeness (QED) is 0.123. The zero-order valence-corrected chi connectivity index (χ0v) is 39.3. The number of benzene rings is 5. The maximum absolute atomic E-state index is 6.64. The smallest absolute Gasteiger partial charge is 0.135 e. The molecular formula is C51H55N4OPtSi-3. The Hall–Kier alpha value is -4.64. The fourth-order valence-corrected chi connectivity index (χ4v) is 9.31. The maximum atomic E-state index is 6.64. The van der Waals surface area contributed by atoms with Crippen molar-refractivity contribution in [3.63, 3.8) is 0 Å². The number of hydrogen-bond donors (Lipinski definition) is 0. The van der Waals surface area contributed by atoms with Gasteiger partial charge in [0.1, 0.15) is 5.82 Å². The Balaban J connectivity index is 0.00000512. The second kappa shape index (κ2) is 14.9. The van der Waals surface area contributed by atoms with E-state index in [0.717, 1.165) is 39.0 Å².